The number of fused-ring (bicyclic) bond motifs is 1. The van der Waals surface area contributed by atoms with E-state index in [0.29, 0.717) is 6.54 Å². The number of rotatable bonds is 6. The second kappa shape index (κ2) is 6.46. The van der Waals surface area contributed by atoms with Crippen molar-refractivity contribution in [1.82, 2.24) is 4.90 Å². The van der Waals surface area contributed by atoms with Crippen molar-refractivity contribution in [3.8, 4) is 0 Å². The first kappa shape index (κ1) is 14.4. The molecule has 1 aliphatic heterocycles. The molecule has 1 heterocycles. The number of nitrogens with zero attached hydrogens (tertiary/aromatic N) is 1. The zero-order valence-corrected chi connectivity index (χ0v) is 11.7. The van der Waals surface area contributed by atoms with Crippen molar-refractivity contribution in [3.63, 3.8) is 0 Å². The van der Waals surface area contributed by atoms with Crippen LogP contribution in [-0.2, 0) is 11.3 Å². The monoisotopic (exact) mass is 266 g/mol. The van der Waals surface area contributed by atoms with Gasteiger partial charge < -0.3 is 10.5 Å². The molecule has 1 aromatic rings. The minimum Gasteiger partial charge on any atom is -0.379 e. The van der Waals surface area contributed by atoms with Gasteiger partial charge >= 0.3 is 0 Å². The van der Waals surface area contributed by atoms with Crippen molar-refractivity contribution in [1.29, 1.82) is 0 Å². The third kappa shape index (κ3) is 3.53. The zero-order valence-electron chi connectivity index (χ0n) is 11.7. The topological polar surface area (TPSA) is 38.5 Å². The van der Waals surface area contributed by atoms with Crippen LogP contribution < -0.4 is 5.73 Å². The normalized spacial score (nSPS) is 19.1. The number of hydrogen-bond acceptors (Lipinski definition) is 3. The fourth-order valence-corrected chi connectivity index (χ4v) is 2.64. The molecule has 2 N–H and O–H groups in total. The van der Waals surface area contributed by atoms with Gasteiger partial charge in [-0.05, 0) is 43.5 Å². The highest BCUT2D eigenvalue weighted by Crippen LogP contribution is 2.33. The summed E-state index contributed by atoms with van der Waals surface area (Å²) in [5, 5.41) is 0. The van der Waals surface area contributed by atoms with Gasteiger partial charge in [0.15, 0.2) is 0 Å². The summed E-state index contributed by atoms with van der Waals surface area (Å²) in [6.45, 7) is 7.16. The third-order valence-electron chi connectivity index (χ3n) is 3.55. The summed E-state index contributed by atoms with van der Waals surface area (Å²) >= 11 is 0. The quantitative estimate of drug-likeness (QED) is 0.804. The fraction of sp³-hybridized carbons (Fsp3) is 0.600. The van der Waals surface area contributed by atoms with Gasteiger partial charge in [0.1, 0.15) is 5.82 Å². The Morgan fingerprint density at radius 2 is 2.26 bits per heavy atom. The van der Waals surface area contributed by atoms with E-state index in [-0.39, 0.29) is 18.0 Å². The maximum absolute atomic E-state index is 13.3. The summed E-state index contributed by atoms with van der Waals surface area (Å²) in [7, 11) is 0. The second-order valence-electron chi connectivity index (χ2n) is 5.34. The molecule has 2 rings (SSSR count). The molecule has 1 aliphatic rings. The van der Waals surface area contributed by atoms with Crippen molar-refractivity contribution in [3.05, 3.63) is 35.1 Å². The van der Waals surface area contributed by atoms with Crippen molar-refractivity contribution in [2.75, 3.05) is 19.7 Å². The highest BCUT2D eigenvalue weighted by molar-refractivity contribution is 5.34. The van der Waals surface area contributed by atoms with E-state index in [2.05, 4.69) is 4.90 Å². The molecular formula is C15H23FN2O. The van der Waals surface area contributed by atoms with E-state index in [1.807, 2.05) is 19.9 Å². The lowest BCUT2D eigenvalue weighted by Gasteiger charge is -2.23. The van der Waals surface area contributed by atoms with Crippen molar-refractivity contribution < 1.29 is 9.13 Å². The standard InChI is InChI=1S/C15H23FN2O/c1-11(2)19-7-3-6-18-10-12-4-5-13(16)8-14(12)15(18)9-17/h4-5,8,11,15H,3,6-7,9-10,17H2,1-2H3. The molecular weight excluding hydrogens is 243 g/mol. The minimum atomic E-state index is -0.179. The van der Waals surface area contributed by atoms with E-state index in [9.17, 15) is 4.39 Å². The van der Waals surface area contributed by atoms with E-state index in [1.165, 1.54) is 11.6 Å². The van der Waals surface area contributed by atoms with Crippen LogP contribution >= 0.6 is 0 Å². The van der Waals surface area contributed by atoms with E-state index < -0.39 is 0 Å². The molecule has 0 radical (unpaired) electrons. The van der Waals surface area contributed by atoms with Crippen LogP contribution in [0.25, 0.3) is 0 Å². The molecule has 4 heteroatoms. The maximum Gasteiger partial charge on any atom is 0.123 e. The third-order valence-corrected chi connectivity index (χ3v) is 3.55. The molecule has 0 aliphatic carbocycles. The molecule has 1 unspecified atom stereocenters. The Hall–Kier alpha value is -0.970. The number of nitrogens with two attached hydrogens (primary N) is 1. The molecule has 106 valence electrons. The Balaban J connectivity index is 1.93. The molecule has 1 atom stereocenters. The summed E-state index contributed by atoms with van der Waals surface area (Å²) in [6, 6.07) is 5.16. The highest BCUT2D eigenvalue weighted by atomic mass is 19.1. The Kier molecular flexibility index (Phi) is 4.91. The first-order chi connectivity index (χ1) is 9.11. The number of ether oxygens (including phenoxy) is 1. The number of benzene rings is 1. The van der Waals surface area contributed by atoms with E-state index in [4.69, 9.17) is 10.5 Å². The molecule has 19 heavy (non-hydrogen) atoms. The van der Waals surface area contributed by atoms with Crippen molar-refractivity contribution in [2.24, 2.45) is 5.73 Å². The Bertz CT molecular complexity index is 423. The van der Waals surface area contributed by atoms with Crippen LogP contribution in [0.1, 0.15) is 37.4 Å². The lowest BCUT2D eigenvalue weighted by Crippen LogP contribution is -2.29. The van der Waals surface area contributed by atoms with Gasteiger partial charge in [-0.15, -0.1) is 0 Å². The van der Waals surface area contributed by atoms with Crippen LogP contribution in [0.5, 0.6) is 0 Å². The molecule has 0 saturated carbocycles. The summed E-state index contributed by atoms with van der Waals surface area (Å²) in [4.78, 5) is 2.31. The minimum absolute atomic E-state index is 0.143. The van der Waals surface area contributed by atoms with Crippen LogP contribution in [0.4, 0.5) is 4.39 Å². The molecule has 0 bridgehead atoms. The van der Waals surface area contributed by atoms with E-state index >= 15 is 0 Å². The predicted molar refractivity (Wildman–Crippen MR) is 74.3 cm³/mol. The van der Waals surface area contributed by atoms with Gasteiger partial charge in [0.05, 0.1) is 6.10 Å². The summed E-state index contributed by atoms with van der Waals surface area (Å²) in [5.41, 5.74) is 8.09. The van der Waals surface area contributed by atoms with Crippen LogP contribution in [-0.4, -0.2) is 30.7 Å². The molecule has 0 spiro atoms. The molecule has 1 aromatic carbocycles. The highest BCUT2D eigenvalue weighted by Gasteiger charge is 2.28. The zero-order chi connectivity index (χ0) is 13.8. The van der Waals surface area contributed by atoms with Gasteiger partial charge in [-0.3, -0.25) is 4.90 Å². The van der Waals surface area contributed by atoms with Crippen LogP contribution in [0.3, 0.4) is 0 Å². The largest absolute Gasteiger partial charge is 0.379 e. The lowest BCUT2D eigenvalue weighted by atomic mass is 10.0. The van der Waals surface area contributed by atoms with Gasteiger partial charge in [0, 0.05) is 32.3 Å². The first-order valence-corrected chi connectivity index (χ1v) is 6.96. The summed E-state index contributed by atoms with van der Waals surface area (Å²) in [5.74, 6) is -0.179. The number of hydrogen-bond donors (Lipinski definition) is 1. The predicted octanol–water partition coefficient (Wildman–Crippen LogP) is 2.46. The second-order valence-corrected chi connectivity index (χ2v) is 5.34. The smallest absolute Gasteiger partial charge is 0.123 e. The van der Waals surface area contributed by atoms with Gasteiger partial charge in [0.2, 0.25) is 0 Å². The van der Waals surface area contributed by atoms with E-state index in [0.717, 1.165) is 31.7 Å². The average Bonchev–Trinajstić information content (AvgIpc) is 2.71. The number of halogens is 1. The van der Waals surface area contributed by atoms with Crippen LogP contribution in [0.15, 0.2) is 18.2 Å². The van der Waals surface area contributed by atoms with Crippen molar-refractivity contribution >= 4 is 0 Å². The van der Waals surface area contributed by atoms with Crippen molar-refractivity contribution in [2.45, 2.75) is 39.0 Å². The fourth-order valence-electron chi connectivity index (χ4n) is 2.64. The maximum atomic E-state index is 13.3. The van der Waals surface area contributed by atoms with Crippen LogP contribution in [0.2, 0.25) is 0 Å². The summed E-state index contributed by atoms with van der Waals surface area (Å²) < 4.78 is 18.9. The molecule has 0 fully saturated rings. The van der Waals surface area contributed by atoms with Gasteiger partial charge in [-0.1, -0.05) is 6.07 Å². The molecule has 3 nitrogen and oxygen atoms in total. The Labute approximate surface area is 114 Å². The van der Waals surface area contributed by atoms with E-state index in [1.54, 1.807) is 6.07 Å². The lowest BCUT2D eigenvalue weighted by molar-refractivity contribution is 0.0675. The van der Waals surface area contributed by atoms with Gasteiger partial charge in [-0.2, -0.15) is 0 Å². The Morgan fingerprint density at radius 3 is 2.95 bits per heavy atom. The van der Waals surface area contributed by atoms with Gasteiger partial charge in [-0.25, -0.2) is 4.39 Å². The average molecular weight is 266 g/mol. The first-order valence-electron chi connectivity index (χ1n) is 6.96. The molecule has 0 amide bonds. The SMILES string of the molecule is CC(C)OCCCN1Cc2ccc(F)cc2C1CN. The molecule has 0 aromatic heterocycles. The Morgan fingerprint density at radius 1 is 1.47 bits per heavy atom. The summed E-state index contributed by atoms with van der Waals surface area (Å²) in [6.07, 6.45) is 1.25. The molecule has 0 saturated heterocycles. The van der Waals surface area contributed by atoms with Crippen LogP contribution in [0, 0.1) is 5.82 Å². The van der Waals surface area contributed by atoms with Gasteiger partial charge in [0.25, 0.3) is 0 Å².